The first-order chi connectivity index (χ1) is 12.6. The minimum atomic E-state index is -0.148. The number of aliphatic hydroxyl groups is 1. The molecule has 0 saturated carbocycles. The molecule has 0 radical (unpaired) electrons. The highest BCUT2D eigenvalue weighted by molar-refractivity contribution is 5.94. The van der Waals surface area contributed by atoms with Crippen molar-refractivity contribution < 1.29 is 19.2 Å². The minimum absolute atomic E-state index is 0.0292. The standard InChI is InChI=1S/C10H8N2O2.C9H11NO2/c1-7(13)8-2-4-9(5-3-8)10-11-6-14-12-10;11-7-6-10-9(12)8-4-2-1-3-5-8/h2-6H,1H3;1-5,11H,6-7H2,(H,10,12). The van der Waals surface area contributed by atoms with E-state index in [1.807, 2.05) is 6.07 Å². The van der Waals surface area contributed by atoms with Crippen molar-refractivity contribution in [2.24, 2.45) is 0 Å². The molecule has 3 aromatic rings. The summed E-state index contributed by atoms with van der Waals surface area (Å²) in [7, 11) is 0. The Morgan fingerprint density at radius 2 is 1.73 bits per heavy atom. The number of nitrogens with zero attached hydrogens (tertiary/aromatic N) is 2. The predicted molar refractivity (Wildman–Crippen MR) is 95.6 cm³/mol. The van der Waals surface area contributed by atoms with Crippen molar-refractivity contribution >= 4 is 11.7 Å². The molecule has 1 aromatic heterocycles. The van der Waals surface area contributed by atoms with Crippen LogP contribution in [-0.4, -0.2) is 40.1 Å². The number of rotatable bonds is 5. The van der Waals surface area contributed by atoms with Gasteiger partial charge in [0.05, 0.1) is 6.61 Å². The van der Waals surface area contributed by atoms with Crippen molar-refractivity contribution in [3.05, 3.63) is 72.1 Å². The van der Waals surface area contributed by atoms with Crippen molar-refractivity contribution in [1.82, 2.24) is 15.5 Å². The van der Waals surface area contributed by atoms with Crippen LogP contribution in [0.5, 0.6) is 0 Å². The third-order valence-electron chi connectivity index (χ3n) is 3.34. The van der Waals surface area contributed by atoms with E-state index in [2.05, 4.69) is 20.0 Å². The van der Waals surface area contributed by atoms with E-state index >= 15 is 0 Å². The van der Waals surface area contributed by atoms with Crippen LogP contribution in [-0.2, 0) is 0 Å². The monoisotopic (exact) mass is 353 g/mol. The predicted octanol–water partition coefficient (Wildman–Crippen LogP) is 2.35. The molecule has 2 N–H and O–H groups in total. The normalized spacial score (nSPS) is 9.77. The second kappa shape index (κ2) is 9.85. The summed E-state index contributed by atoms with van der Waals surface area (Å²) in [5.41, 5.74) is 2.13. The topological polar surface area (TPSA) is 105 Å². The summed E-state index contributed by atoms with van der Waals surface area (Å²) in [6, 6.07) is 16.0. The van der Waals surface area contributed by atoms with Crippen LogP contribution >= 0.6 is 0 Å². The molecule has 7 nitrogen and oxygen atoms in total. The second-order valence-corrected chi connectivity index (χ2v) is 5.23. The number of ketones is 1. The molecule has 0 saturated heterocycles. The van der Waals surface area contributed by atoms with E-state index < -0.39 is 0 Å². The molecule has 0 bridgehead atoms. The number of carbonyl (C=O) groups is 2. The molecule has 0 fully saturated rings. The van der Waals surface area contributed by atoms with Crippen LogP contribution in [0.3, 0.4) is 0 Å². The molecule has 1 heterocycles. The maximum absolute atomic E-state index is 11.2. The van der Waals surface area contributed by atoms with Crippen LogP contribution in [0.25, 0.3) is 11.4 Å². The largest absolute Gasteiger partial charge is 0.395 e. The first-order valence-corrected chi connectivity index (χ1v) is 7.93. The number of hydrogen-bond acceptors (Lipinski definition) is 6. The maximum atomic E-state index is 11.2. The van der Waals surface area contributed by atoms with Gasteiger partial charge in [-0.3, -0.25) is 9.59 Å². The number of Topliss-reactive ketones (excluding diaryl/α,β-unsaturated/α-hetero) is 1. The number of amides is 1. The van der Waals surface area contributed by atoms with Gasteiger partial charge in [-0.2, -0.15) is 4.98 Å². The molecule has 2 aromatic carbocycles. The number of aromatic nitrogens is 2. The Labute approximate surface area is 150 Å². The van der Waals surface area contributed by atoms with Crippen LogP contribution in [0, 0.1) is 0 Å². The van der Waals surface area contributed by atoms with Gasteiger partial charge in [0.1, 0.15) is 0 Å². The van der Waals surface area contributed by atoms with Crippen LogP contribution in [0.1, 0.15) is 27.6 Å². The van der Waals surface area contributed by atoms with Crippen molar-refractivity contribution in [2.45, 2.75) is 6.92 Å². The zero-order valence-electron chi connectivity index (χ0n) is 14.3. The lowest BCUT2D eigenvalue weighted by Crippen LogP contribution is -2.26. The van der Waals surface area contributed by atoms with Gasteiger partial charge in [0.15, 0.2) is 5.78 Å². The number of aliphatic hydroxyl groups excluding tert-OH is 1. The smallest absolute Gasteiger partial charge is 0.251 e. The molecule has 0 aliphatic heterocycles. The lowest BCUT2D eigenvalue weighted by Gasteiger charge is -2.01. The Morgan fingerprint density at radius 1 is 1.04 bits per heavy atom. The lowest BCUT2D eigenvalue weighted by atomic mass is 10.1. The average molecular weight is 353 g/mol. The highest BCUT2D eigenvalue weighted by atomic mass is 16.5. The summed E-state index contributed by atoms with van der Waals surface area (Å²) < 4.78 is 4.62. The summed E-state index contributed by atoms with van der Waals surface area (Å²) in [5, 5.41) is 14.7. The molecule has 0 spiro atoms. The zero-order chi connectivity index (χ0) is 18.8. The molecule has 0 aliphatic rings. The molecular weight excluding hydrogens is 334 g/mol. The molecular formula is C19H19N3O4. The van der Waals surface area contributed by atoms with Crippen LogP contribution < -0.4 is 5.32 Å². The quantitative estimate of drug-likeness (QED) is 0.682. The van der Waals surface area contributed by atoms with E-state index in [0.717, 1.165) is 5.56 Å². The summed E-state index contributed by atoms with van der Waals surface area (Å²) >= 11 is 0. The summed E-state index contributed by atoms with van der Waals surface area (Å²) in [6.07, 6.45) is 1.27. The molecule has 134 valence electrons. The Bertz CT molecular complexity index is 816. The van der Waals surface area contributed by atoms with Crippen molar-refractivity contribution in [2.75, 3.05) is 13.2 Å². The number of benzene rings is 2. The summed E-state index contributed by atoms with van der Waals surface area (Å²) in [5.74, 6) is 0.425. The van der Waals surface area contributed by atoms with Gasteiger partial charge in [-0.25, -0.2) is 0 Å². The van der Waals surface area contributed by atoms with E-state index in [1.165, 1.54) is 13.3 Å². The fourth-order valence-electron chi connectivity index (χ4n) is 2.01. The Kier molecular flexibility index (Phi) is 7.20. The molecule has 1 amide bonds. The van der Waals surface area contributed by atoms with E-state index in [-0.39, 0.29) is 18.3 Å². The summed E-state index contributed by atoms with van der Waals surface area (Å²) in [6.45, 7) is 1.80. The highest BCUT2D eigenvalue weighted by Crippen LogP contribution is 2.15. The number of carbonyl (C=O) groups excluding carboxylic acids is 2. The lowest BCUT2D eigenvalue weighted by molar-refractivity contribution is 0.0944. The van der Waals surface area contributed by atoms with Gasteiger partial charge in [0.2, 0.25) is 12.2 Å². The molecule has 7 heteroatoms. The van der Waals surface area contributed by atoms with Gasteiger partial charge in [0, 0.05) is 23.2 Å². The van der Waals surface area contributed by atoms with Crippen LogP contribution in [0.15, 0.2) is 65.5 Å². The Hall–Kier alpha value is -3.32. The van der Waals surface area contributed by atoms with Crippen molar-refractivity contribution in [3.8, 4) is 11.4 Å². The molecule has 26 heavy (non-hydrogen) atoms. The van der Waals surface area contributed by atoms with Gasteiger partial charge in [0.25, 0.3) is 5.91 Å². The number of nitrogens with one attached hydrogen (secondary N) is 1. The van der Waals surface area contributed by atoms with E-state index in [0.29, 0.717) is 23.5 Å². The third kappa shape index (κ3) is 5.64. The van der Waals surface area contributed by atoms with E-state index in [4.69, 9.17) is 5.11 Å². The van der Waals surface area contributed by atoms with Gasteiger partial charge < -0.3 is 14.9 Å². The van der Waals surface area contributed by atoms with Gasteiger partial charge in [-0.1, -0.05) is 47.6 Å². The first kappa shape index (κ1) is 19.0. The highest BCUT2D eigenvalue weighted by Gasteiger charge is 2.04. The van der Waals surface area contributed by atoms with Crippen molar-refractivity contribution in [3.63, 3.8) is 0 Å². The molecule has 0 aliphatic carbocycles. The van der Waals surface area contributed by atoms with Crippen LogP contribution in [0.4, 0.5) is 0 Å². The Morgan fingerprint density at radius 3 is 2.27 bits per heavy atom. The summed E-state index contributed by atoms with van der Waals surface area (Å²) in [4.78, 5) is 26.1. The fraction of sp³-hybridized carbons (Fsp3) is 0.158. The maximum Gasteiger partial charge on any atom is 0.251 e. The van der Waals surface area contributed by atoms with Gasteiger partial charge in [-0.15, -0.1) is 0 Å². The Balaban J connectivity index is 0.000000190. The molecule has 0 atom stereocenters. The fourth-order valence-corrected chi connectivity index (χ4v) is 2.01. The van der Waals surface area contributed by atoms with E-state index in [9.17, 15) is 9.59 Å². The minimum Gasteiger partial charge on any atom is -0.395 e. The zero-order valence-corrected chi connectivity index (χ0v) is 14.3. The SMILES string of the molecule is CC(=O)c1ccc(-c2ncon2)cc1.O=C(NCCO)c1ccccc1. The third-order valence-corrected chi connectivity index (χ3v) is 3.34. The van der Waals surface area contributed by atoms with E-state index in [1.54, 1.807) is 48.5 Å². The van der Waals surface area contributed by atoms with Crippen molar-refractivity contribution in [1.29, 1.82) is 0 Å². The van der Waals surface area contributed by atoms with Gasteiger partial charge >= 0.3 is 0 Å². The number of hydrogen-bond donors (Lipinski definition) is 2. The molecule has 3 rings (SSSR count). The van der Waals surface area contributed by atoms with Crippen LogP contribution in [0.2, 0.25) is 0 Å². The second-order valence-electron chi connectivity index (χ2n) is 5.23. The van der Waals surface area contributed by atoms with Gasteiger partial charge in [-0.05, 0) is 19.1 Å². The average Bonchev–Trinajstić information content (AvgIpc) is 3.22. The first-order valence-electron chi connectivity index (χ1n) is 7.93. The molecule has 0 unspecified atom stereocenters.